The molecule has 2 amide bonds. The number of hydrogen-bond acceptors (Lipinski definition) is 4. The summed E-state index contributed by atoms with van der Waals surface area (Å²) in [7, 11) is 0. The van der Waals surface area contributed by atoms with Crippen molar-refractivity contribution in [1.82, 2.24) is 10.2 Å². The van der Waals surface area contributed by atoms with E-state index in [-0.39, 0.29) is 31.4 Å². The fraction of sp³-hybridized carbons (Fsp3) is 0.471. The highest BCUT2D eigenvalue weighted by atomic mass is 16.4. The van der Waals surface area contributed by atoms with Gasteiger partial charge in [-0.3, -0.25) is 19.3 Å². The van der Waals surface area contributed by atoms with E-state index in [0.717, 1.165) is 5.69 Å². The highest BCUT2D eigenvalue weighted by Gasteiger charge is 2.25. The third-order valence-electron chi connectivity index (χ3n) is 3.70. The first-order valence-corrected chi connectivity index (χ1v) is 7.93. The lowest BCUT2D eigenvalue weighted by Gasteiger charge is -2.29. The Balaban J connectivity index is 2.80. The first-order valence-electron chi connectivity index (χ1n) is 7.93. The third-order valence-corrected chi connectivity index (χ3v) is 3.70. The Bertz CT molecular complexity index is 562. The minimum atomic E-state index is -1.01. The van der Waals surface area contributed by atoms with Crippen molar-refractivity contribution in [2.24, 2.45) is 0 Å². The monoisotopic (exact) mass is 335 g/mol. The molecule has 0 saturated heterocycles. The van der Waals surface area contributed by atoms with Gasteiger partial charge in [-0.2, -0.15) is 0 Å². The number of carbonyl (C=O) groups excluding carboxylic acids is 2. The van der Waals surface area contributed by atoms with E-state index in [1.54, 1.807) is 9.80 Å². The molecule has 24 heavy (non-hydrogen) atoms. The van der Waals surface area contributed by atoms with Crippen molar-refractivity contribution in [1.29, 1.82) is 0 Å². The van der Waals surface area contributed by atoms with Crippen molar-refractivity contribution in [3.05, 3.63) is 30.3 Å². The summed E-state index contributed by atoms with van der Waals surface area (Å²) < 4.78 is 0. The summed E-state index contributed by atoms with van der Waals surface area (Å²) in [5.74, 6) is -1.38. The molecule has 1 atom stereocenters. The van der Waals surface area contributed by atoms with Gasteiger partial charge in [-0.25, -0.2) is 0 Å². The van der Waals surface area contributed by atoms with Crippen molar-refractivity contribution in [3.8, 4) is 0 Å². The van der Waals surface area contributed by atoms with Gasteiger partial charge in [0.25, 0.3) is 0 Å². The van der Waals surface area contributed by atoms with Crippen LogP contribution in [0.2, 0.25) is 0 Å². The number of carboxylic acids is 1. The number of carboxylic acid groups (broad SMARTS) is 1. The van der Waals surface area contributed by atoms with Crippen LogP contribution in [0.15, 0.2) is 30.3 Å². The molecule has 0 aromatic heterocycles. The second-order valence-corrected chi connectivity index (χ2v) is 5.44. The molecule has 7 nitrogen and oxygen atoms in total. The minimum Gasteiger partial charge on any atom is -0.480 e. The van der Waals surface area contributed by atoms with E-state index >= 15 is 0 Å². The molecule has 132 valence electrons. The third kappa shape index (κ3) is 6.00. The molecule has 1 aromatic rings. The summed E-state index contributed by atoms with van der Waals surface area (Å²) >= 11 is 0. The van der Waals surface area contributed by atoms with Crippen LogP contribution in [0.3, 0.4) is 0 Å². The SMILES string of the molecule is CCN(C(=O)CN(CCNC(C)=O)C(C)C(=O)O)c1ccccc1. The number of aliphatic carboxylic acids is 1. The molecular weight excluding hydrogens is 310 g/mol. The average molecular weight is 335 g/mol. The Morgan fingerprint density at radius 3 is 2.33 bits per heavy atom. The fourth-order valence-electron chi connectivity index (χ4n) is 2.31. The molecular formula is C17H25N3O4. The van der Waals surface area contributed by atoms with E-state index < -0.39 is 12.0 Å². The van der Waals surface area contributed by atoms with Gasteiger partial charge >= 0.3 is 5.97 Å². The summed E-state index contributed by atoms with van der Waals surface area (Å²) in [4.78, 5) is 38.0. The molecule has 0 fully saturated rings. The first kappa shape index (κ1) is 19.6. The number of nitrogens with one attached hydrogen (secondary N) is 1. The highest BCUT2D eigenvalue weighted by molar-refractivity contribution is 5.95. The van der Waals surface area contributed by atoms with Crippen LogP contribution < -0.4 is 10.2 Å². The van der Waals surface area contributed by atoms with Crippen LogP contribution in [0.4, 0.5) is 5.69 Å². The molecule has 0 aliphatic rings. The van der Waals surface area contributed by atoms with Crippen molar-refractivity contribution >= 4 is 23.5 Å². The Morgan fingerprint density at radius 1 is 1.21 bits per heavy atom. The molecule has 0 heterocycles. The van der Waals surface area contributed by atoms with Gasteiger partial charge in [-0.15, -0.1) is 0 Å². The topological polar surface area (TPSA) is 90.0 Å². The van der Waals surface area contributed by atoms with Crippen molar-refractivity contribution in [3.63, 3.8) is 0 Å². The summed E-state index contributed by atoms with van der Waals surface area (Å²) in [6.07, 6.45) is 0. The van der Waals surface area contributed by atoms with Crippen LogP contribution >= 0.6 is 0 Å². The Morgan fingerprint density at radius 2 is 1.83 bits per heavy atom. The average Bonchev–Trinajstić information content (AvgIpc) is 2.54. The Kier molecular flexibility index (Phi) is 7.91. The number of benzene rings is 1. The van der Waals surface area contributed by atoms with Crippen LogP contribution in [0.5, 0.6) is 0 Å². The maximum atomic E-state index is 12.6. The van der Waals surface area contributed by atoms with Crippen LogP contribution in [-0.2, 0) is 14.4 Å². The Hall–Kier alpha value is -2.41. The van der Waals surface area contributed by atoms with E-state index in [2.05, 4.69) is 5.32 Å². The molecule has 0 radical (unpaired) electrons. The van der Waals surface area contributed by atoms with E-state index in [4.69, 9.17) is 0 Å². The summed E-state index contributed by atoms with van der Waals surface area (Å²) in [6, 6.07) is 8.41. The lowest BCUT2D eigenvalue weighted by Crippen LogP contribution is -2.49. The van der Waals surface area contributed by atoms with E-state index in [0.29, 0.717) is 6.54 Å². The van der Waals surface area contributed by atoms with E-state index in [9.17, 15) is 19.5 Å². The molecule has 1 unspecified atom stereocenters. The molecule has 1 rings (SSSR count). The van der Waals surface area contributed by atoms with Crippen molar-refractivity contribution < 1.29 is 19.5 Å². The number of para-hydroxylation sites is 1. The highest BCUT2D eigenvalue weighted by Crippen LogP contribution is 2.14. The first-order chi connectivity index (χ1) is 11.4. The number of nitrogens with zero attached hydrogens (tertiary/aromatic N) is 2. The molecule has 2 N–H and O–H groups in total. The summed E-state index contributed by atoms with van der Waals surface area (Å²) in [5.41, 5.74) is 0.773. The number of amides is 2. The molecule has 7 heteroatoms. The standard InChI is InChI=1S/C17H25N3O4/c1-4-20(15-8-6-5-7-9-15)16(22)12-19(13(2)17(23)24)11-10-18-14(3)21/h5-9,13H,4,10-12H2,1-3H3,(H,18,21)(H,23,24). The molecule has 0 spiro atoms. The van der Waals surface area contributed by atoms with Crippen LogP contribution in [0.1, 0.15) is 20.8 Å². The molecule has 0 bridgehead atoms. The number of likely N-dealkylation sites (N-methyl/N-ethyl adjacent to an activating group) is 1. The number of hydrogen-bond donors (Lipinski definition) is 2. The van der Waals surface area contributed by atoms with Gasteiger partial charge in [-0.05, 0) is 26.0 Å². The second-order valence-electron chi connectivity index (χ2n) is 5.44. The van der Waals surface area contributed by atoms with Gasteiger partial charge in [-0.1, -0.05) is 18.2 Å². The number of anilines is 1. The quantitative estimate of drug-likeness (QED) is 0.701. The van der Waals surface area contributed by atoms with Gasteiger partial charge in [0.05, 0.1) is 6.54 Å². The molecule has 1 aromatic carbocycles. The predicted octanol–water partition coefficient (Wildman–Crippen LogP) is 0.951. The van der Waals surface area contributed by atoms with E-state index in [1.807, 2.05) is 37.3 Å². The predicted molar refractivity (Wildman–Crippen MR) is 91.8 cm³/mol. The maximum absolute atomic E-state index is 12.6. The number of carbonyl (C=O) groups is 3. The zero-order chi connectivity index (χ0) is 18.1. The molecule has 0 aliphatic heterocycles. The fourth-order valence-corrected chi connectivity index (χ4v) is 2.31. The minimum absolute atomic E-state index is 0.0320. The van der Waals surface area contributed by atoms with Crippen LogP contribution in [0, 0.1) is 0 Å². The van der Waals surface area contributed by atoms with Crippen molar-refractivity contribution in [2.45, 2.75) is 26.8 Å². The van der Waals surface area contributed by atoms with Gasteiger partial charge in [0.1, 0.15) is 6.04 Å². The molecule has 0 saturated carbocycles. The van der Waals surface area contributed by atoms with Gasteiger partial charge in [0.15, 0.2) is 0 Å². The van der Waals surface area contributed by atoms with Crippen LogP contribution in [-0.4, -0.2) is 60.0 Å². The smallest absolute Gasteiger partial charge is 0.320 e. The van der Waals surface area contributed by atoms with Gasteiger partial charge in [0.2, 0.25) is 11.8 Å². The lowest BCUT2D eigenvalue weighted by atomic mass is 10.2. The lowest BCUT2D eigenvalue weighted by molar-refractivity contribution is -0.143. The maximum Gasteiger partial charge on any atom is 0.320 e. The zero-order valence-corrected chi connectivity index (χ0v) is 14.4. The zero-order valence-electron chi connectivity index (χ0n) is 14.4. The van der Waals surface area contributed by atoms with Crippen molar-refractivity contribution in [2.75, 3.05) is 31.1 Å². The normalized spacial score (nSPS) is 11.8. The van der Waals surface area contributed by atoms with Crippen LogP contribution in [0.25, 0.3) is 0 Å². The largest absolute Gasteiger partial charge is 0.480 e. The van der Waals surface area contributed by atoms with Gasteiger partial charge in [0, 0.05) is 32.2 Å². The molecule has 0 aliphatic carbocycles. The summed E-state index contributed by atoms with van der Waals surface area (Å²) in [6.45, 7) is 5.82. The number of rotatable bonds is 9. The van der Waals surface area contributed by atoms with E-state index in [1.165, 1.54) is 13.8 Å². The summed E-state index contributed by atoms with van der Waals surface area (Å²) in [5, 5.41) is 11.9. The van der Waals surface area contributed by atoms with Gasteiger partial charge < -0.3 is 15.3 Å². The second kappa shape index (κ2) is 9.67. The Labute approximate surface area is 142 Å².